The van der Waals surface area contributed by atoms with Crippen LogP contribution in [0.2, 0.25) is 10.0 Å². The fourth-order valence-corrected chi connectivity index (χ4v) is 3.94. The molecule has 5 nitrogen and oxygen atoms in total. The SMILES string of the molecule is CCNC(=O)C(Cc1ccccc1)N(Cc1cccc(Cl)c1)C(=O)COc1ccc(Cl)c(C)c1. The zero-order valence-electron chi connectivity index (χ0n) is 19.3. The molecule has 0 aliphatic carbocycles. The van der Waals surface area contributed by atoms with Crippen molar-refractivity contribution in [3.63, 3.8) is 0 Å². The van der Waals surface area contributed by atoms with E-state index in [9.17, 15) is 9.59 Å². The highest BCUT2D eigenvalue weighted by atomic mass is 35.5. The minimum absolute atomic E-state index is 0.216. The Morgan fingerprint density at radius 2 is 1.71 bits per heavy atom. The molecule has 2 amide bonds. The molecule has 0 fully saturated rings. The van der Waals surface area contributed by atoms with E-state index >= 15 is 0 Å². The number of nitrogens with zero attached hydrogens (tertiary/aromatic N) is 1. The van der Waals surface area contributed by atoms with Gasteiger partial charge in [-0.2, -0.15) is 0 Å². The molecule has 0 spiro atoms. The predicted molar refractivity (Wildman–Crippen MR) is 136 cm³/mol. The van der Waals surface area contributed by atoms with Crippen LogP contribution in [-0.2, 0) is 22.6 Å². The molecule has 0 radical (unpaired) electrons. The first-order valence-corrected chi connectivity index (χ1v) is 11.9. The predicted octanol–water partition coefficient (Wildman–Crippen LogP) is 5.46. The number of hydrogen-bond donors (Lipinski definition) is 1. The highest BCUT2D eigenvalue weighted by molar-refractivity contribution is 6.31. The number of nitrogens with one attached hydrogen (secondary N) is 1. The Morgan fingerprint density at radius 1 is 0.971 bits per heavy atom. The first-order chi connectivity index (χ1) is 16.4. The summed E-state index contributed by atoms with van der Waals surface area (Å²) in [5, 5.41) is 4.06. The minimum atomic E-state index is -0.718. The van der Waals surface area contributed by atoms with Crippen molar-refractivity contribution >= 4 is 35.0 Å². The van der Waals surface area contributed by atoms with Crippen molar-refractivity contribution in [2.24, 2.45) is 0 Å². The maximum absolute atomic E-state index is 13.5. The van der Waals surface area contributed by atoms with Gasteiger partial charge in [0.25, 0.3) is 5.91 Å². The van der Waals surface area contributed by atoms with Gasteiger partial charge in [0.2, 0.25) is 5.91 Å². The van der Waals surface area contributed by atoms with Crippen LogP contribution in [0.3, 0.4) is 0 Å². The molecule has 0 heterocycles. The second-order valence-electron chi connectivity index (χ2n) is 7.95. The van der Waals surface area contributed by atoms with Gasteiger partial charge in [0.15, 0.2) is 6.61 Å². The van der Waals surface area contributed by atoms with Crippen molar-refractivity contribution < 1.29 is 14.3 Å². The Morgan fingerprint density at radius 3 is 2.38 bits per heavy atom. The molecule has 3 aromatic carbocycles. The fourth-order valence-electron chi connectivity index (χ4n) is 3.61. The van der Waals surface area contributed by atoms with Gasteiger partial charge >= 0.3 is 0 Å². The summed E-state index contributed by atoms with van der Waals surface area (Å²) in [6.45, 7) is 4.19. The number of rotatable bonds is 10. The third-order valence-electron chi connectivity index (χ3n) is 5.36. The zero-order chi connectivity index (χ0) is 24.5. The Kier molecular flexibility index (Phi) is 9.37. The monoisotopic (exact) mass is 498 g/mol. The van der Waals surface area contributed by atoms with E-state index < -0.39 is 6.04 Å². The lowest BCUT2D eigenvalue weighted by Crippen LogP contribution is -2.51. The molecule has 7 heteroatoms. The van der Waals surface area contributed by atoms with E-state index in [0.29, 0.717) is 28.8 Å². The van der Waals surface area contributed by atoms with E-state index in [1.165, 1.54) is 0 Å². The number of aryl methyl sites for hydroxylation is 1. The molecule has 1 atom stereocenters. The highest BCUT2D eigenvalue weighted by Crippen LogP contribution is 2.22. The van der Waals surface area contributed by atoms with Crippen LogP contribution in [-0.4, -0.2) is 35.9 Å². The van der Waals surface area contributed by atoms with Gasteiger partial charge in [0.05, 0.1) is 0 Å². The Bertz CT molecular complexity index is 1120. The average molecular weight is 499 g/mol. The molecule has 178 valence electrons. The molecular weight excluding hydrogens is 471 g/mol. The molecule has 0 aromatic heterocycles. The van der Waals surface area contributed by atoms with Gasteiger partial charge in [-0.05, 0) is 60.9 Å². The van der Waals surface area contributed by atoms with E-state index in [0.717, 1.165) is 16.7 Å². The molecule has 0 saturated carbocycles. The van der Waals surface area contributed by atoms with Crippen LogP contribution in [0, 0.1) is 6.92 Å². The summed E-state index contributed by atoms with van der Waals surface area (Å²) >= 11 is 12.3. The first kappa shape index (κ1) is 25.6. The van der Waals surface area contributed by atoms with Crippen LogP contribution < -0.4 is 10.1 Å². The zero-order valence-corrected chi connectivity index (χ0v) is 20.8. The molecule has 0 bridgehead atoms. The smallest absolute Gasteiger partial charge is 0.261 e. The van der Waals surface area contributed by atoms with Crippen molar-refractivity contribution in [1.29, 1.82) is 0 Å². The average Bonchev–Trinajstić information content (AvgIpc) is 2.82. The van der Waals surface area contributed by atoms with E-state index in [-0.39, 0.29) is 25.0 Å². The summed E-state index contributed by atoms with van der Waals surface area (Å²) < 4.78 is 5.78. The number of hydrogen-bond acceptors (Lipinski definition) is 3. The van der Waals surface area contributed by atoms with Gasteiger partial charge in [-0.25, -0.2) is 0 Å². The normalized spacial score (nSPS) is 11.5. The molecule has 1 N–H and O–H groups in total. The maximum Gasteiger partial charge on any atom is 0.261 e. The quantitative estimate of drug-likeness (QED) is 0.403. The Labute approximate surface area is 210 Å². The molecular formula is C27H28Cl2N2O3. The topological polar surface area (TPSA) is 58.6 Å². The highest BCUT2D eigenvalue weighted by Gasteiger charge is 2.30. The van der Waals surface area contributed by atoms with Crippen LogP contribution in [0.25, 0.3) is 0 Å². The number of carbonyl (C=O) groups is 2. The van der Waals surface area contributed by atoms with Crippen LogP contribution >= 0.6 is 23.2 Å². The number of halogens is 2. The number of likely N-dealkylation sites (N-methyl/N-ethyl adjacent to an activating group) is 1. The third-order valence-corrected chi connectivity index (χ3v) is 6.01. The standard InChI is InChI=1S/C27H28Cl2N2O3/c1-3-30-27(33)25(16-20-8-5-4-6-9-20)31(17-21-10-7-11-22(28)15-21)26(32)18-34-23-12-13-24(29)19(2)14-23/h4-15,25H,3,16-18H2,1-2H3,(H,30,33). The molecule has 0 saturated heterocycles. The van der Waals surface area contributed by atoms with Gasteiger partial charge in [-0.15, -0.1) is 0 Å². The van der Waals surface area contributed by atoms with E-state index in [1.807, 2.05) is 56.3 Å². The largest absolute Gasteiger partial charge is 0.484 e. The number of ether oxygens (including phenoxy) is 1. The third kappa shape index (κ3) is 7.24. The summed E-state index contributed by atoms with van der Waals surface area (Å²) in [7, 11) is 0. The summed E-state index contributed by atoms with van der Waals surface area (Å²) in [4.78, 5) is 28.1. The van der Waals surface area contributed by atoms with Gasteiger partial charge in [-0.1, -0.05) is 65.7 Å². The van der Waals surface area contributed by atoms with Crippen molar-refractivity contribution in [1.82, 2.24) is 10.2 Å². The molecule has 0 aliphatic rings. The summed E-state index contributed by atoms with van der Waals surface area (Å²) in [5.41, 5.74) is 2.63. The fraction of sp³-hybridized carbons (Fsp3) is 0.259. The Hall–Kier alpha value is -3.02. The lowest BCUT2D eigenvalue weighted by Gasteiger charge is -2.31. The van der Waals surface area contributed by atoms with Gasteiger partial charge < -0.3 is 15.0 Å². The lowest BCUT2D eigenvalue weighted by atomic mass is 10.0. The Balaban J connectivity index is 1.89. The molecule has 3 rings (SSSR count). The van der Waals surface area contributed by atoms with Gasteiger partial charge in [0.1, 0.15) is 11.8 Å². The summed E-state index contributed by atoms with van der Waals surface area (Å²) in [6, 6.07) is 21.4. The van der Waals surface area contributed by atoms with Gasteiger partial charge in [0, 0.05) is 29.6 Å². The van der Waals surface area contributed by atoms with Gasteiger partial charge in [-0.3, -0.25) is 9.59 Å². The second-order valence-corrected chi connectivity index (χ2v) is 8.79. The van der Waals surface area contributed by atoms with E-state index in [1.54, 1.807) is 35.2 Å². The summed E-state index contributed by atoms with van der Waals surface area (Å²) in [5.74, 6) is 0.0133. The molecule has 1 unspecified atom stereocenters. The summed E-state index contributed by atoms with van der Waals surface area (Å²) in [6.07, 6.45) is 0.374. The van der Waals surface area contributed by atoms with Crippen LogP contribution in [0.5, 0.6) is 5.75 Å². The number of amides is 2. The lowest BCUT2D eigenvalue weighted by molar-refractivity contribution is -0.142. The van der Waals surface area contributed by atoms with Crippen molar-refractivity contribution in [3.8, 4) is 5.75 Å². The van der Waals surface area contributed by atoms with E-state index in [2.05, 4.69) is 5.32 Å². The number of benzene rings is 3. The minimum Gasteiger partial charge on any atom is -0.484 e. The van der Waals surface area contributed by atoms with Crippen molar-refractivity contribution in [2.75, 3.05) is 13.2 Å². The van der Waals surface area contributed by atoms with Crippen LogP contribution in [0.1, 0.15) is 23.6 Å². The van der Waals surface area contributed by atoms with Crippen molar-refractivity contribution in [2.45, 2.75) is 32.9 Å². The van der Waals surface area contributed by atoms with Crippen LogP contribution in [0.4, 0.5) is 0 Å². The number of carbonyl (C=O) groups excluding carboxylic acids is 2. The second kappa shape index (κ2) is 12.4. The molecule has 34 heavy (non-hydrogen) atoms. The van der Waals surface area contributed by atoms with E-state index in [4.69, 9.17) is 27.9 Å². The first-order valence-electron chi connectivity index (χ1n) is 11.1. The van der Waals surface area contributed by atoms with Crippen molar-refractivity contribution in [3.05, 3.63) is 99.5 Å². The molecule has 3 aromatic rings. The molecule has 0 aliphatic heterocycles. The van der Waals surface area contributed by atoms with Crippen LogP contribution in [0.15, 0.2) is 72.8 Å². The maximum atomic E-state index is 13.5.